The van der Waals surface area contributed by atoms with Crippen molar-refractivity contribution in [1.29, 1.82) is 0 Å². The Morgan fingerprint density at radius 1 is 1.38 bits per heavy atom. The van der Waals surface area contributed by atoms with Crippen molar-refractivity contribution in [3.63, 3.8) is 0 Å². The number of nitrogens with zero attached hydrogens (tertiary/aromatic N) is 5. The molecule has 0 radical (unpaired) electrons. The van der Waals surface area contributed by atoms with Gasteiger partial charge in [0.2, 0.25) is 0 Å². The summed E-state index contributed by atoms with van der Waals surface area (Å²) in [6, 6.07) is 6.22. The number of piperidine rings is 1. The minimum Gasteiger partial charge on any atom is -0.337 e. The molecule has 1 aliphatic heterocycles. The van der Waals surface area contributed by atoms with Crippen molar-refractivity contribution in [3.8, 4) is 0 Å². The molecule has 24 heavy (non-hydrogen) atoms. The predicted octanol–water partition coefficient (Wildman–Crippen LogP) is 1.86. The smallest absolute Gasteiger partial charge is 0.274 e. The van der Waals surface area contributed by atoms with E-state index in [9.17, 15) is 4.79 Å². The Morgan fingerprint density at radius 2 is 2.12 bits per heavy atom. The van der Waals surface area contributed by atoms with Crippen LogP contribution in [0.1, 0.15) is 34.6 Å². The molecule has 0 aliphatic carbocycles. The number of pyridine rings is 1. The van der Waals surface area contributed by atoms with Crippen LogP contribution in [0.5, 0.6) is 0 Å². The van der Waals surface area contributed by atoms with E-state index < -0.39 is 0 Å². The monoisotopic (exact) mass is 327 g/mol. The average molecular weight is 327 g/mol. The minimum absolute atomic E-state index is 0.0180. The standard InChI is InChI=1S/C18H25N5O/c1-14-11-17(20-22(14)3)18(24)21(2)16-6-9-23(10-7-16)13-15-5-4-8-19-12-15/h4-5,8,11-12,16H,6-7,9-10,13H2,1-3H3. The zero-order chi connectivity index (χ0) is 17.1. The minimum atomic E-state index is 0.0180. The molecule has 0 aromatic carbocycles. The Balaban J connectivity index is 1.55. The van der Waals surface area contributed by atoms with Crippen LogP contribution in [0.2, 0.25) is 0 Å². The van der Waals surface area contributed by atoms with Gasteiger partial charge >= 0.3 is 0 Å². The Labute approximate surface area is 143 Å². The molecule has 1 saturated heterocycles. The van der Waals surface area contributed by atoms with E-state index in [0.29, 0.717) is 5.69 Å². The Morgan fingerprint density at radius 3 is 2.71 bits per heavy atom. The highest BCUT2D eigenvalue weighted by atomic mass is 16.2. The highest BCUT2D eigenvalue weighted by molar-refractivity contribution is 5.92. The number of likely N-dealkylation sites (tertiary alicyclic amines) is 1. The number of rotatable bonds is 4. The van der Waals surface area contributed by atoms with Crippen LogP contribution < -0.4 is 0 Å². The lowest BCUT2D eigenvalue weighted by Crippen LogP contribution is -2.45. The Bertz CT molecular complexity index is 669. The summed E-state index contributed by atoms with van der Waals surface area (Å²) in [6.45, 7) is 4.88. The third kappa shape index (κ3) is 3.64. The summed E-state index contributed by atoms with van der Waals surface area (Å²) in [4.78, 5) is 21.1. The fourth-order valence-electron chi connectivity index (χ4n) is 3.23. The van der Waals surface area contributed by atoms with E-state index in [1.807, 2.05) is 44.2 Å². The van der Waals surface area contributed by atoms with Gasteiger partial charge < -0.3 is 4.90 Å². The summed E-state index contributed by atoms with van der Waals surface area (Å²) in [5.74, 6) is 0.0180. The van der Waals surface area contributed by atoms with Gasteiger partial charge in [0.1, 0.15) is 0 Å². The lowest BCUT2D eigenvalue weighted by molar-refractivity contribution is 0.0630. The van der Waals surface area contributed by atoms with Gasteiger partial charge in [0, 0.05) is 57.9 Å². The highest BCUT2D eigenvalue weighted by Gasteiger charge is 2.27. The number of hydrogen-bond donors (Lipinski definition) is 0. The van der Waals surface area contributed by atoms with E-state index in [1.54, 1.807) is 10.9 Å². The van der Waals surface area contributed by atoms with Crippen molar-refractivity contribution in [3.05, 3.63) is 47.5 Å². The van der Waals surface area contributed by atoms with E-state index in [0.717, 1.165) is 38.2 Å². The van der Waals surface area contributed by atoms with Gasteiger partial charge in [-0.15, -0.1) is 0 Å². The Hall–Kier alpha value is -2.21. The molecule has 3 heterocycles. The van der Waals surface area contributed by atoms with Gasteiger partial charge in [0.25, 0.3) is 5.91 Å². The normalized spacial score (nSPS) is 16.3. The third-order valence-electron chi connectivity index (χ3n) is 4.89. The maximum absolute atomic E-state index is 12.6. The van der Waals surface area contributed by atoms with Crippen molar-refractivity contribution in [2.24, 2.45) is 7.05 Å². The van der Waals surface area contributed by atoms with Gasteiger partial charge in [-0.1, -0.05) is 6.07 Å². The molecular formula is C18H25N5O. The Kier molecular flexibility index (Phi) is 4.94. The number of amides is 1. The second kappa shape index (κ2) is 7.13. The molecule has 6 heteroatoms. The number of carbonyl (C=O) groups is 1. The van der Waals surface area contributed by atoms with Gasteiger partial charge in [0.15, 0.2) is 5.69 Å². The quantitative estimate of drug-likeness (QED) is 0.860. The first-order valence-electron chi connectivity index (χ1n) is 8.43. The van der Waals surface area contributed by atoms with Crippen LogP contribution in [0.15, 0.2) is 30.6 Å². The van der Waals surface area contributed by atoms with E-state index in [1.165, 1.54) is 5.56 Å². The first-order chi connectivity index (χ1) is 11.5. The molecule has 1 aliphatic rings. The molecule has 0 bridgehead atoms. The fourth-order valence-corrected chi connectivity index (χ4v) is 3.23. The number of hydrogen-bond acceptors (Lipinski definition) is 4. The molecule has 0 atom stereocenters. The van der Waals surface area contributed by atoms with Crippen molar-refractivity contribution in [1.82, 2.24) is 24.6 Å². The van der Waals surface area contributed by atoms with E-state index in [-0.39, 0.29) is 11.9 Å². The maximum Gasteiger partial charge on any atom is 0.274 e. The van der Waals surface area contributed by atoms with Gasteiger partial charge in [-0.3, -0.25) is 19.4 Å². The van der Waals surface area contributed by atoms with Crippen molar-refractivity contribution in [2.75, 3.05) is 20.1 Å². The van der Waals surface area contributed by atoms with Crippen LogP contribution in [-0.2, 0) is 13.6 Å². The molecular weight excluding hydrogens is 302 g/mol. The molecule has 0 unspecified atom stereocenters. The number of aryl methyl sites for hydroxylation is 2. The number of aromatic nitrogens is 3. The molecule has 0 spiro atoms. The molecule has 2 aromatic heterocycles. The molecule has 1 amide bonds. The molecule has 3 rings (SSSR count). The topological polar surface area (TPSA) is 54.3 Å². The first kappa shape index (κ1) is 16.6. The zero-order valence-electron chi connectivity index (χ0n) is 14.6. The lowest BCUT2D eigenvalue weighted by Gasteiger charge is -2.36. The summed E-state index contributed by atoms with van der Waals surface area (Å²) in [5, 5.41) is 4.30. The van der Waals surface area contributed by atoms with Crippen molar-refractivity contribution >= 4 is 5.91 Å². The van der Waals surface area contributed by atoms with Gasteiger partial charge in [-0.2, -0.15) is 5.10 Å². The molecule has 128 valence electrons. The predicted molar refractivity (Wildman–Crippen MR) is 92.6 cm³/mol. The SMILES string of the molecule is Cc1cc(C(=O)N(C)C2CCN(Cc3cccnc3)CC2)nn1C. The van der Waals surface area contributed by atoms with Crippen molar-refractivity contribution < 1.29 is 4.79 Å². The molecule has 6 nitrogen and oxygen atoms in total. The number of carbonyl (C=O) groups excluding carboxylic acids is 1. The molecule has 1 fully saturated rings. The second-order valence-corrected chi connectivity index (χ2v) is 6.58. The van der Waals surface area contributed by atoms with Gasteiger partial charge in [0.05, 0.1) is 0 Å². The lowest BCUT2D eigenvalue weighted by atomic mass is 10.0. The second-order valence-electron chi connectivity index (χ2n) is 6.58. The van der Waals surface area contributed by atoms with Crippen LogP contribution in [0.3, 0.4) is 0 Å². The summed E-state index contributed by atoms with van der Waals surface area (Å²) in [5.41, 5.74) is 2.78. The summed E-state index contributed by atoms with van der Waals surface area (Å²) in [6.07, 6.45) is 5.71. The van der Waals surface area contributed by atoms with Crippen LogP contribution in [0, 0.1) is 6.92 Å². The van der Waals surface area contributed by atoms with E-state index >= 15 is 0 Å². The summed E-state index contributed by atoms with van der Waals surface area (Å²) >= 11 is 0. The van der Waals surface area contributed by atoms with E-state index in [4.69, 9.17) is 0 Å². The average Bonchev–Trinajstić information content (AvgIpc) is 2.94. The zero-order valence-corrected chi connectivity index (χ0v) is 14.6. The highest BCUT2D eigenvalue weighted by Crippen LogP contribution is 2.19. The third-order valence-corrected chi connectivity index (χ3v) is 4.89. The summed E-state index contributed by atoms with van der Waals surface area (Å²) in [7, 11) is 3.76. The molecule has 2 aromatic rings. The van der Waals surface area contributed by atoms with Gasteiger partial charge in [-0.05, 0) is 37.5 Å². The van der Waals surface area contributed by atoms with Crippen LogP contribution in [0.25, 0.3) is 0 Å². The largest absolute Gasteiger partial charge is 0.337 e. The molecule has 0 saturated carbocycles. The summed E-state index contributed by atoms with van der Waals surface area (Å²) < 4.78 is 1.75. The molecule has 0 N–H and O–H groups in total. The van der Waals surface area contributed by atoms with Crippen molar-refractivity contribution in [2.45, 2.75) is 32.4 Å². The van der Waals surface area contributed by atoms with Crippen LogP contribution in [-0.4, -0.2) is 56.7 Å². The van der Waals surface area contributed by atoms with E-state index in [2.05, 4.69) is 21.0 Å². The van der Waals surface area contributed by atoms with Crippen LogP contribution >= 0.6 is 0 Å². The van der Waals surface area contributed by atoms with Crippen LogP contribution in [0.4, 0.5) is 0 Å². The van der Waals surface area contributed by atoms with Gasteiger partial charge in [-0.25, -0.2) is 0 Å². The fraction of sp³-hybridized carbons (Fsp3) is 0.500. The maximum atomic E-state index is 12.6. The first-order valence-corrected chi connectivity index (χ1v) is 8.43.